The first-order chi connectivity index (χ1) is 16.4. The van der Waals surface area contributed by atoms with Crippen LogP contribution < -0.4 is 20.1 Å². The number of aryl methyl sites for hydroxylation is 1. The zero-order chi connectivity index (χ0) is 23.7. The molecule has 9 heteroatoms. The van der Waals surface area contributed by atoms with Crippen molar-refractivity contribution >= 4 is 29.4 Å². The van der Waals surface area contributed by atoms with E-state index in [4.69, 9.17) is 21.1 Å². The molecule has 2 saturated heterocycles. The van der Waals surface area contributed by atoms with Gasteiger partial charge < -0.3 is 19.7 Å². The number of amides is 4. The zero-order valence-electron chi connectivity index (χ0n) is 18.6. The number of rotatable bonds is 6. The van der Waals surface area contributed by atoms with Crippen LogP contribution in [-0.2, 0) is 22.4 Å². The lowest BCUT2D eigenvalue weighted by Gasteiger charge is -2.41. The fourth-order valence-corrected chi connectivity index (χ4v) is 5.33. The summed E-state index contributed by atoms with van der Waals surface area (Å²) in [5.74, 6) is 1.09. The molecular weight excluding hydrogens is 458 g/mol. The molecule has 3 aliphatic rings. The van der Waals surface area contributed by atoms with Gasteiger partial charge in [0.05, 0.1) is 0 Å². The zero-order valence-corrected chi connectivity index (χ0v) is 19.4. The van der Waals surface area contributed by atoms with Gasteiger partial charge in [-0.05, 0) is 54.5 Å². The van der Waals surface area contributed by atoms with Gasteiger partial charge in [0, 0.05) is 31.0 Å². The molecule has 2 fully saturated rings. The maximum Gasteiger partial charge on any atom is 0.322 e. The Morgan fingerprint density at radius 2 is 1.85 bits per heavy atom. The molecule has 0 radical (unpaired) electrons. The normalized spacial score (nSPS) is 22.0. The minimum absolute atomic E-state index is 0.0798. The van der Waals surface area contributed by atoms with Crippen LogP contribution in [-0.4, -0.2) is 48.2 Å². The number of halogens is 1. The van der Waals surface area contributed by atoms with Crippen molar-refractivity contribution in [2.24, 2.45) is 5.92 Å². The Labute approximate surface area is 202 Å². The van der Waals surface area contributed by atoms with Gasteiger partial charge in [-0.15, -0.1) is 0 Å². The monoisotopic (exact) mass is 483 g/mol. The maximum atomic E-state index is 12.9. The standard InChI is InChI=1S/C25H26ClN3O5/c26-19-4-2-1-3-17(19)14-25(23(31)27-24(32)28-25)18-9-11-29(12-10-18)22(30)8-6-16-5-7-20-21(13-16)34-15-33-20/h1-5,7,13,18H,6,8-12,14-15H2,(H2,27,28,31,32)/t25-/m1/s1. The van der Waals surface area contributed by atoms with E-state index in [1.807, 2.05) is 41.3 Å². The van der Waals surface area contributed by atoms with E-state index in [-0.39, 0.29) is 24.5 Å². The van der Waals surface area contributed by atoms with Crippen LogP contribution in [0.4, 0.5) is 4.79 Å². The summed E-state index contributed by atoms with van der Waals surface area (Å²) in [4.78, 5) is 39.7. The van der Waals surface area contributed by atoms with Crippen molar-refractivity contribution in [2.45, 2.75) is 37.6 Å². The Morgan fingerprint density at radius 1 is 1.09 bits per heavy atom. The molecule has 2 aromatic carbocycles. The predicted octanol–water partition coefficient (Wildman–Crippen LogP) is 3.06. The lowest BCUT2D eigenvalue weighted by Crippen LogP contribution is -2.58. The molecule has 2 N–H and O–H groups in total. The molecule has 3 heterocycles. The molecular formula is C25H26ClN3O5. The van der Waals surface area contributed by atoms with E-state index in [1.165, 1.54) is 0 Å². The highest BCUT2D eigenvalue weighted by molar-refractivity contribution is 6.31. The molecule has 0 spiro atoms. The number of hydrogen-bond donors (Lipinski definition) is 2. The van der Waals surface area contributed by atoms with E-state index >= 15 is 0 Å². The van der Waals surface area contributed by atoms with Crippen LogP contribution in [0.3, 0.4) is 0 Å². The van der Waals surface area contributed by atoms with Gasteiger partial charge in [0.1, 0.15) is 5.54 Å². The minimum Gasteiger partial charge on any atom is -0.454 e. The smallest absolute Gasteiger partial charge is 0.322 e. The summed E-state index contributed by atoms with van der Waals surface area (Å²) >= 11 is 6.36. The second-order valence-electron chi connectivity index (χ2n) is 8.99. The number of hydrogen-bond acceptors (Lipinski definition) is 5. The van der Waals surface area contributed by atoms with Crippen LogP contribution in [0, 0.1) is 5.92 Å². The number of imide groups is 1. The van der Waals surface area contributed by atoms with Gasteiger partial charge in [-0.2, -0.15) is 0 Å². The van der Waals surface area contributed by atoms with Gasteiger partial charge in [0.2, 0.25) is 12.7 Å². The van der Waals surface area contributed by atoms with E-state index < -0.39 is 11.6 Å². The number of likely N-dealkylation sites (tertiary alicyclic amines) is 1. The number of carbonyl (C=O) groups is 3. The number of nitrogens with one attached hydrogen (secondary N) is 2. The van der Waals surface area contributed by atoms with Crippen molar-refractivity contribution in [3.63, 3.8) is 0 Å². The number of fused-ring (bicyclic) bond motifs is 1. The summed E-state index contributed by atoms with van der Waals surface area (Å²) in [6.07, 6.45) is 2.56. The highest BCUT2D eigenvalue weighted by atomic mass is 35.5. The topological polar surface area (TPSA) is 97.0 Å². The summed E-state index contributed by atoms with van der Waals surface area (Å²) in [6.45, 7) is 1.30. The summed E-state index contributed by atoms with van der Waals surface area (Å²) < 4.78 is 10.7. The van der Waals surface area contributed by atoms with Gasteiger partial charge in [-0.3, -0.25) is 14.9 Å². The SMILES string of the molecule is O=C1NC(=O)[C@@](Cc2ccccc2Cl)(C2CCN(C(=O)CCc3ccc4c(c3)OCO4)CC2)N1. The van der Waals surface area contributed by atoms with E-state index in [2.05, 4.69) is 10.6 Å². The number of piperidine rings is 1. The number of ether oxygens (including phenoxy) is 2. The van der Waals surface area contributed by atoms with E-state index in [0.717, 1.165) is 16.9 Å². The molecule has 0 bridgehead atoms. The summed E-state index contributed by atoms with van der Waals surface area (Å²) in [7, 11) is 0. The van der Waals surface area contributed by atoms with Crippen molar-refractivity contribution in [1.82, 2.24) is 15.5 Å². The van der Waals surface area contributed by atoms with Crippen molar-refractivity contribution < 1.29 is 23.9 Å². The Balaban J connectivity index is 1.22. The Kier molecular flexibility index (Phi) is 6.08. The summed E-state index contributed by atoms with van der Waals surface area (Å²) in [6, 6.07) is 12.6. The fraction of sp³-hybridized carbons (Fsp3) is 0.400. The first-order valence-corrected chi connectivity index (χ1v) is 11.9. The van der Waals surface area contributed by atoms with Gasteiger partial charge in [0.15, 0.2) is 11.5 Å². The van der Waals surface area contributed by atoms with E-state index in [9.17, 15) is 14.4 Å². The predicted molar refractivity (Wildman–Crippen MR) is 125 cm³/mol. The molecule has 0 unspecified atom stereocenters. The van der Waals surface area contributed by atoms with Crippen LogP contribution in [0.25, 0.3) is 0 Å². The molecule has 178 valence electrons. The second kappa shape index (κ2) is 9.18. The highest BCUT2D eigenvalue weighted by Gasteiger charge is 2.52. The van der Waals surface area contributed by atoms with Gasteiger partial charge >= 0.3 is 6.03 Å². The number of carbonyl (C=O) groups excluding carboxylic acids is 3. The lowest BCUT2D eigenvalue weighted by molar-refractivity contribution is -0.133. The molecule has 3 aliphatic heterocycles. The molecule has 4 amide bonds. The Bertz CT molecular complexity index is 1130. The van der Waals surface area contributed by atoms with Crippen molar-refractivity contribution in [3.8, 4) is 11.5 Å². The van der Waals surface area contributed by atoms with Gasteiger partial charge in [-0.1, -0.05) is 35.9 Å². The molecule has 0 saturated carbocycles. The highest BCUT2D eigenvalue weighted by Crippen LogP contribution is 2.36. The average Bonchev–Trinajstić information content (AvgIpc) is 3.42. The van der Waals surface area contributed by atoms with Crippen LogP contribution >= 0.6 is 11.6 Å². The second-order valence-corrected chi connectivity index (χ2v) is 9.40. The molecule has 1 atom stereocenters. The first-order valence-electron chi connectivity index (χ1n) is 11.5. The number of urea groups is 1. The largest absolute Gasteiger partial charge is 0.454 e. The quantitative estimate of drug-likeness (QED) is 0.615. The summed E-state index contributed by atoms with van der Waals surface area (Å²) in [5.41, 5.74) is 0.768. The Hall–Kier alpha value is -3.26. The van der Waals surface area contributed by atoms with Crippen LogP contribution in [0.15, 0.2) is 42.5 Å². The van der Waals surface area contributed by atoms with Gasteiger partial charge in [-0.25, -0.2) is 4.79 Å². The number of benzene rings is 2. The third kappa shape index (κ3) is 4.30. The first kappa shape index (κ1) is 22.5. The van der Waals surface area contributed by atoms with Crippen molar-refractivity contribution in [3.05, 3.63) is 58.6 Å². The van der Waals surface area contributed by atoms with Crippen LogP contribution in [0.1, 0.15) is 30.4 Å². The lowest BCUT2D eigenvalue weighted by atomic mass is 9.74. The van der Waals surface area contributed by atoms with Gasteiger partial charge in [0.25, 0.3) is 5.91 Å². The van der Waals surface area contributed by atoms with Crippen LogP contribution in [0.2, 0.25) is 5.02 Å². The fourth-order valence-electron chi connectivity index (χ4n) is 5.13. The molecule has 0 aliphatic carbocycles. The Morgan fingerprint density at radius 3 is 2.59 bits per heavy atom. The molecule has 0 aromatic heterocycles. The average molecular weight is 484 g/mol. The third-order valence-corrected chi connectivity index (χ3v) is 7.37. The molecule has 2 aromatic rings. The number of nitrogens with zero attached hydrogens (tertiary/aromatic N) is 1. The minimum atomic E-state index is -1.07. The summed E-state index contributed by atoms with van der Waals surface area (Å²) in [5, 5.41) is 5.86. The third-order valence-electron chi connectivity index (χ3n) is 7.01. The van der Waals surface area contributed by atoms with E-state index in [1.54, 1.807) is 6.07 Å². The molecule has 34 heavy (non-hydrogen) atoms. The van der Waals surface area contributed by atoms with Crippen LogP contribution in [0.5, 0.6) is 11.5 Å². The van der Waals surface area contributed by atoms with E-state index in [0.29, 0.717) is 56.0 Å². The molecule has 5 rings (SSSR count). The van der Waals surface area contributed by atoms with Crippen molar-refractivity contribution in [1.29, 1.82) is 0 Å². The molecule has 8 nitrogen and oxygen atoms in total. The maximum absolute atomic E-state index is 12.9. The van der Waals surface area contributed by atoms with Crippen molar-refractivity contribution in [2.75, 3.05) is 19.9 Å².